The molecule has 1 saturated heterocycles. The molecule has 0 aliphatic carbocycles. The van der Waals surface area contributed by atoms with Crippen molar-refractivity contribution in [3.8, 4) is 11.3 Å². The van der Waals surface area contributed by atoms with E-state index in [1.165, 1.54) is 0 Å². The maximum Gasteiger partial charge on any atom is 0.310 e. The van der Waals surface area contributed by atoms with Crippen LogP contribution in [0.1, 0.15) is 25.3 Å². The summed E-state index contributed by atoms with van der Waals surface area (Å²) in [5.41, 5.74) is 3.11. The van der Waals surface area contributed by atoms with E-state index in [-0.39, 0.29) is 11.9 Å². The van der Waals surface area contributed by atoms with E-state index in [0.29, 0.717) is 11.6 Å². The van der Waals surface area contributed by atoms with Gasteiger partial charge in [0.25, 0.3) is 0 Å². The largest absolute Gasteiger partial charge is 0.466 e. The van der Waals surface area contributed by atoms with Gasteiger partial charge in [-0.3, -0.25) is 14.4 Å². The third kappa shape index (κ3) is 4.41. The second-order valence-electron chi connectivity index (χ2n) is 6.51. The molecule has 1 aromatic carbocycles. The highest BCUT2D eigenvalue weighted by atomic mass is 35.5. The van der Waals surface area contributed by atoms with Gasteiger partial charge < -0.3 is 4.74 Å². The normalized spacial score (nSPS) is 18.3. The van der Waals surface area contributed by atoms with E-state index in [0.717, 1.165) is 49.3 Å². The number of piperidine rings is 1. The number of halogens is 1. The minimum absolute atomic E-state index is 0.0278. The summed E-state index contributed by atoms with van der Waals surface area (Å²) < 4.78 is 7.03. The van der Waals surface area contributed by atoms with Gasteiger partial charge in [0.05, 0.1) is 18.2 Å². The number of hydrogen-bond acceptors (Lipinski definition) is 4. The predicted octanol–water partition coefficient (Wildman–Crippen LogP) is 3.52. The number of carbonyl (C=O) groups is 1. The van der Waals surface area contributed by atoms with E-state index >= 15 is 0 Å². The van der Waals surface area contributed by atoms with E-state index in [4.69, 9.17) is 16.3 Å². The maximum absolute atomic E-state index is 12.0. The number of esters is 1. The Hall–Kier alpha value is -1.85. The molecule has 0 saturated carbocycles. The third-order valence-corrected chi connectivity index (χ3v) is 4.76. The van der Waals surface area contributed by atoms with Gasteiger partial charge in [0, 0.05) is 42.5 Å². The minimum Gasteiger partial charge on any atom is -0.466 e. The molecule has 2 heterocycles. The summed E-state index contributed by atoms with van der Waals surface area (Å²) in [5, 5.41) is 5.31. The monoisotopic (exact) mass is 361 g/mol. The van der Waals surface area contributed by atoms with Crippen molar-refractivity contribution < 1.29 is 9.53 Å². The molecule has 1 unspecified atom stereocenters. The number of carbonyl (C=O) groups excluding carboxylic acids is 1. The van der Waals surface area contributed by atoms with Crippen molar-refractivity contribution in [3.63, 3.8) is 0 Å². The topological polar surface area (TPSA) is 47.4 Å². The van der Waals surface area contributed by atoms with Crippen LogP contribution in [0.4, 0.5) is 0 Å². The van der Waals surface area contributed by atoms with Gasteiger partial charge in [-0.15, -0.1) is 0 Å². The molecule has 0 radical (unpaired) electrons. The van der Waals surface area contributed by atoms with E-state index < -0.39 is 0 Å². The van der Waals surface area contributed by atoms with E-state index in [1.54, 1.807) is 0 Å². The second-order valence-corrected chi connectivity index (χ2v) is 6.95. The summed E-state index contributed by atoms with van der Waals surface area (Å²) in [6.45, 7) is 4.79. The average molecular weight is 362 g/mol. The first-order valence-electron chi connectivity index (χ1n) is 8.74. The SMILES string of the molecule is CCOC(=O)C1CCCN(Cc2cn(C)nc2-c2cccc(Cl)c2)C1. The highest BCUT2D eigenvalue weighted by molar-refractivity contribution is 6.30. The van der Waals surface area contributed by atoms with Crippen LogP contribution in [0.2, 0.25) is 5.02 Å². The van der Waals surface area contributed by atoms with Gasteiger partial charge in [0.15, 0.2) is 0 Å². The smallest absolute Gasteiger partial charge is 0.310 e. The Bertz CT molecular complexity index is 744. The number of aryl methyl sites for hydroxylation is 1. The average Bonchev–Trinajstić information content (AvgIpc) is 2.96. The van der Waals surface area contributed by atoms with Gasteiger partial charge in [-0.05, 0) is 38.4 Å². The lowest BCUT2D eigenvalue weighted by molar-refractivity contribution is -0.150. The molecule has 3 rings (SSSR count). The van der Waals surface area contributed by atoms with Crippen molar-refractivity contribution in [1.82, 2.24) is 14.7 Å². The van der Waals surface area contributed by atoms with Gasteiger partial charge in [0.1, 0.15) is 0 Å². The molecule has 5 nitrogen and oxygen atoms in total. The minimum atomic E-state index is -0.0755. The first kappa shape index (κ1) is 18.0. The number of rotatable bonds is 5. The molecular weight excluding hydrogens is 338 g/mol. The number of ether oxygens (including phenoxy) is 1. The van der Waals surface area contributed by atoms with Crippen molar-refractivity contribution in [2.45, 2.75) is 26.3 Å². The van der Waals surface area contributed by atoms with Gasteiger partial charge in [-0.2, -0.15) is 5.10 Å². The van der Waals surface area contributed by atoms with Crippen LogP contribution in [-0.2, 0) is 23.1 Å². The fourth-order valence-electron chi connectivity index (χ4n) is 3.42. The highest BCUT2D eigenvalue weighted by Gasteiger charge is 2.27. The Labute approximate surface area is 153 Å². The summed E-state index contributed by atoms with van der Waals surface area (Å²) in [4.78, 5) is 14.4. The lowest BCUT2D eigenvalue weighted by Gasteiger charge is -2.31. The summed E-state index contributed by atoms with van der Waals surface area (Å²) in [6.07, 6.45) is 3.96. The first-order valence-corrected chi connectivity index (χ1v) is 9.12. The molecule has 0 N–H and O–H groups in total. The molecule has 1 aliphatic heterocycles. The molecule has 0 spiro atoms. The summed E-state index contributed by atoms with van der Waals surface area (Å²) in [5.74, 6) is -0.103. The van der Waals surface area contributed by atoms with Crippen molar-refractivity contribution in [2.75, 3.05) is 19.7 Å². The molecule has 1 aromatic heterocycles. The fraction of sp³-hybridized carbons (Fsp3) is 0.474. The van der Waals surface area contributed by atoms with E-state index in [2.05, 4.69) is 10.00 Å². The highest BCUT2D eigenvalue weighted by Crippen LogP contribution is 2.27. The fourth-order valence-corrected chi connectivity index (χ4v) is 3.61. The van der Waals surface area contributed by atoms with Crippen LogP contribution in [0.3, 0.4) is 0 Å². The number of nitrogens with zero attached hydrogens (tertiary/aromatic N) is 3. The number of aromatic nitrogens is 2. The van der Waals surface area contributed by atoms with Crippen molar-refractivity contribution in [2.24, 2.45) is 13.0 Å². The predicted molar refractivity (Wildman–Crippen MR) is 98.3 cm³/mol. The molecule has 1 aliphatic rings. The Morgan fingerprint density at radius 2 is 2.28 bits per heavy atom. The zero-order chi connectivity index (χ0) is 17.8. The van der Waals surface area contributed by atoms with Gasteiger partial charge in [-0.1, -0.05) is 23.7 Å². The van der Waals surface area contributed by atoms with Gasteiger partial charge in [-0.25, -0.2) is 0 Å². The Morgan fingerprint density at radius 3 is 3.04 bits per heavy atom. The quantitative estimate of drug-likeness (QED) is 0.764. The van der Waals surface area contributed by atoms with Crippen molar-refractivity contribution in [3.05, 3.63) is 41.0 Å². The van der Waals surface area contributed by atoms with Crippen LogP contribution in [0.25, 0.3) is 11.3 Å². The molecule has 0 amide bonds. The Balaban J connectivity index is 1.76. The van der Waals surface area contributed by atoms with Crippen LogP contribution in [0, 0.1) is 5.92 Å². The number of benzene rings is 1. The van der Waals surface area contributed by atoms with Crippen LogP contribution in [0.5, 0.6) is 0 Å². The number of hydrogen-bond donors (Lipinski definition) is 0. The first-order chi connectivity index (χ1) is 12.1. The van der Waals surface area contributed by atoms with Crippen LogP contribution in [-0.4, -0.2) is 40.3 Å². The van der Waals surface area contributed by atoms with E-state index in [1.807, 2.05) is 49.1 Å². The lowest BCUT2D eigenvalue weighted by atomic mass is 9.97. The molecule has 25 heavy (non-hydrogen) atoms. The standard InChI is InChI=1S/C19H24ClN3O2/c1-3-25-19(24)15-7-5-9-23(12-15)13-16-11-22(2)21-18(16)14-6-4-8-17(20)10-14/h4,6,8,10-11,15H,3,5,7,9,12-13H2,1-2H3. The Morgan fingerprint density at radius 1 is 1.44 bits per heavy atom. The molecule has 1 atom stereocenters. The van der Waals surface area contributed by atoms with Crippen LogP contribution in [0.15, 0.2) is 30.5 Å². The molecule has 1 fully saturated rings. The zero-order valence-electron chi connectivity index (χ0n) is 14.7. The molecule has 134 valence electrons. The molecule has 2 aromatic rings. The second kappa shape index (κ2) is 8.02. The van der Waals surface area contributed by atoms with Crippen LogP contribution >= 0.6 is 11.6 Å². The summed E-state index contributed by atoms with van der Waals surface area (Å²) in [7, 11) is 1.93. The van der Waals surface area contributed by atoms with Gasteiger partial charge in [0.2, 0.25) is 0 Å². The summed E-state index contributed by atoms with van der Waals surface area (Å²) in [6, 6.07) is 7.76. The van der Waals surface area contributed by atoms with E-state index in [9.17, 15) is 4.79 Å². The molecule has 0 bridgehead atoms. The molecule has 6 heteroatoms. The maximum atomic E-state index is 12.0. The Kier molecular flexibility index (Phi) is 5.76. The van der Waals surface area contributed by atoms with Crippen LogP contribution < -0.4 is 0 Å². The summed E-state index contributed by atoms with van der Waals surface area (Å²) >= 11 is 6.13. The molecular formula is C19H24ClN3O2. The number of likely N-dealkylation sites (tertiary alicyclic amines) is 1. The zero-order valence-corrected chi connectivity index (χ0v) is 15.5. The lowest BCUT2D eigenvalue weighted by Crippen LogP contribution is -2.38. The third-order valence-electron chi connectivity index (χ3n) is 4.52. The van der Waals surface area contributed by atoms with Gasteiger partial charge >= 0.3 is 5.97 Å². The van der Waals surface area contributed by atoms with Crippen molar-refractivity contribution >= 4 is 17.6 Å². The van der Waals surface area contributed by atoms with Crippen molar-refractivity contribution in [1.29, 1.82) is 0 Å².